The number of carboxylic acids is 1. The number of nitrogens with one attached hydrogen (secondary N) is 1. The van der Waals surface area contributed by atoms with Crippen LogP contribution in [0, 0.1) is 12.8 Å². The molecule has 0 spiro atoms. The Hall–Kier alpha value is -2.04. The van der Waals surface area contributed by atoms with E-state index < -0.39 is 11.9 Å². The molecule has 0 saturated carbocycles. The van der Waals surface area contributed by atoms with E-state index in [2.05, 4.69) is 11.4 Å². The minimum absolute atomic E-state index is 0.159. The Morgan fingerprint density at radius 2 is 2.24 bits per heavy atom. The molecule has 1 aliphatic heterocycles. The van der Waals surface area contributed by atoms with Gasteiger partial charge in [0.2, 0.25) is 0 Å². The fourth-order valence-corrected chi connectivity index (χ4v) is 2.66. The van der Waals surface area contributed by atoms with Crippen molar-refractivity contribution in [3.05, 3.63) is 35.4 Å². The summed E-state index contributed by atoms with van der Waals surface area (Å²) in [5.74, 6) is -1.24. The summed E-state index contributed by atoms with van der Waals surface area (Å²) in [4.78, 5) is 24.7. The number of hydrogen-bond acceptors (Lipinski definition) is 2. The van der Waals surface area contributed by atoms with Crippen molar-refractivity contribution in [2.45, 2.75) is 26.2 Å². The van der Waals surface area contributed by atoms with Crippen LogP contribution >= 0.6 is 0 Å². The molecule has 1 aliphatic rings. The Bertz CT molecular complexity index is 516. The Morgan fingerprint density at radius 1 is 1.43 bits per heavy atom. The molecule has 2 amide bonds. The van der Waals surface area contributed by atoms with Gasteiger partial charge in [-0.2, -0.15) is 0 Å². The molecule has 0 bridgehead atoms. The average Bonchev–Trinajstić information content (AvgIpc) is 2.47. The molecular formula is C16H22N2O3. The molecule has 21 heavy (non-hydrogen) atoms. The summed E-state index contributed by atoms with van der Waals surface area (Å²) in [5, 5.41) is 11.9. The van der Waals surface area contributed by atoms with Crippen LogP contribution in [0.3, 0.4) is 0 Å². The third kappa shape index (κ3) is 4.48. The van der Waals surface area contributed by atoms with Crippen LogP contribution in [0.4, 0.5) is 4.79 Å². The predicted molar refractivity (Wildman–Crippen MR) is 80.2 cm³/mol. The Labute approximate surface area is 125 Å². The first-order valence-electron chi connectivity index (χ1n) is 7.37. The maximum atomic E-state index is 12.0. The molecule has 1 saturated heterocycles. The lowest BCUT2D eigenvalue weighted by atomic mass is 9.99. The smallest absolute Gasteiger partial charge is 0.317 e. The zero-order valence-corrected chi connectivity index (χ0v) is 12.3. The first-order chi connectivity index (χ1) is 10.1. The first-order valence-corrected chi connectivity index (χ1v) is 7.37. The van der Waals surface area contributed by atoms with Gasteiger partial charge in [0.15, 0.2) is 0 Å². The summed E-state index contributed by atoms with van der Waals surface area (Å²) in [7, 11) is 0. The Balaban J connectivity index is 1.78. The molecule has 0 aliphatic carbocycles. The topological polar surface area (TPSA) is 69.6 Å². The summed E-state index contributed by atoms with van der Waals surface area (Å²) in [6, 6.07) is 8.04. The van der Waals surface area contributed by atoms with E-state index in [9.17, 15) is 9.59 Å². The summed E-state index contributed by atoms with van der Waals surface area (Å²) < 4.78 is 0. The number of likely N-dealkylation sites (tertiary alicyclic amines) is 1. The fourth-order valence-electron chi connectivity index (χ4n) is 2.66. The van der Waals surface area contributed by atoms with E-state index in [-0.39, 0.29) is 6.03 Å². The van der Waals surface area contributed by atoms with Gasteiger partial charge in [0.25, 0.3) is 0 Å². The molecule has 5 heteroatoms. The van der Waals surface area contributed by atoms with Gasteiger partial charge < -0.3 is 15.3 Å². The van der Waals surface area contributed by atoms with E-state index >= 15 is 0 Å². The number of benzene rings is 1. The van der Waals surface area contributed by atoms with Gasteiger partial charge in [-0.1, -0.05) is 29.8 Å². The molecule has 1 fully saturated rings. The van der Waals surface area contributed by atoms with E-state index in [1.54, 1.807) is 4.90 Å². The van der Waals surface area contributed by atoms with Gasteiger partial charge >= 0.3 is 12.0 Å². The van der Waals surface area contributed by atoms with Crippen LogP contribution in [0.15, 0.2) is 24.3 Å². The number of aryl methyl sites for hydroxylation is 1. The molecule has 2 rings (SSSR count). The van der Waals surface area contributed by atoms with Crippen LogP contribution in [0.25, 0.3) is 0 Å². The third-order valence-electron chi connectivity index (χ3n) is 3.83. The molecule has 0 aromatic heterocycles. The minimum atomic E-state index is -0.813. The van der Waals surface area contributed by atoms with Gasteiger partial charge in [0, 0.05) is 19.6 Å². The minimum Gasteiger partial charge on any atom is -0.481 e. The molecule has 1 aromatic rings. The fraction of sp³-hybridized carbons (Fsp3) is 0.500. The maximum absolute atomic E-state index is 12.0. The number of hydrogen-bond donors (Lipinski definition) is 2. The number of amides is 2. The second-order valence-corrected chi connectivity index (χ2v) is 5.59. The van der Waals surface area contributed by atoms with E-state index in [4.69, 9.17) is 5.11 Å². The van der Waals surface area contributed by atoms with Crippen LogP contribution in [-0.4, -0.2) is 41.6 Å². The lowest BCUT2D eigenvalue weighted by Gasteiger charge is -2.30. The highest BCUT2D eigenvalue weighted by atomic mass is 16.4. The summed E-state index contributed by atoms with van der Waals surface area (Å²) in [6.07, 6.45) is 2.19. The van der Waals surface area contributed by atoms with Crippen LogP contribution in [0.5, 0.6) is 0 Å². The van der Waals surface area contributed by atoms with E-state index in [1.165, 1.54) is 11.1 Å². The van der Waals surface area contributed by atoms with Gasteiger partial charge in [0.1, 0.15) is 0 Å². The summed E-state index contributed by atoms with van der Waals surface area (Å²) in [5.41, 5.74) is 2.40. The lowest BCUT2D eigenvalue weighted by Crippen LogP contribution is -2.47. The largest absolute Gasteiger partial charge is 0.481 e. The highest BCUT2D eigenvalue weighted by Gasteiger charge is 2.27. The predicted octanol–water partition coefficient (Wildman–Crippen LogP) is 2.04. The van der Waals surface area contributed by atoms with Gasteiger partial charge in [-0.25, -0.2) is 4.79 Å². The molecule has 0 unspecified atom stereocenters. The number of carbonyl (C=O) groups excluding carboxylic acids is 1. The van der Waals surface area contributed by atoms with Crippen molar-refractivity contribution in [3.63, 3.8) is 0 Å². The quantitative estimate of drug-likeness (QED) is 0.891. The van der Waals surface area contributed by atoms with Gasteiger partial charge in [-0.15, -0.1) is 0 Å². The number of nitrogens with zero attached hydrogens (tertiary/aromatic N) is 1. The monoisotopic (exact) mass is 290 g/mol. The standard InChI is InChI=1S/C16H22N2O3/c1-12-4-2-5-13(10-12)7-8-17-16(21)18-9-3-6-14(11-18)15(19)20/h2,4-5,10,14H,3,6-9,11H2,1H3,(H,17,21)(H,19,20)/t14-/m1/s1. The molecule has 5 nitrogen and oxygen atoms in total. The second kappa shape index (κ2) is 7.11. The molecular weight excluding hydrogens is 268 g/mol. The maximum Gasteiger partial charge on any atom is 0.317 e. The van der Waals surface area contributed by atoms with Crippen LogP contribution in [0.2, 0.25) is 0 Å². The number of carboxylic acid groups (broad SMARTS) is 1. The van der Waals surface area contributed by atoms with Gasteiger partial charge in [-0.3, -0.25) is 4.79 Å². The Morgan fingerprint density at radius 3 is 2.95 bits per heavy atom. The average molecular weight is 290 g/mol. The Kier molecular flexibility index (Phi) is 5.20. The molecule has 1 heterocycles. The number of urea groups is 1. The van der Waals surface area contributed by atoms with Crippen LogP contribution < -0.4 is 5.32 Å². The molecule has 1 atom stereocenters. The van der Waals surface area contributed by atoms with Crippen LogP contribution in [-0.2, 0) is 11.2 Å². The molecule has 114 valence electrons. The molecule has 0 radical (unpaired) electrons. The van der Waals surface area contributed by atoms with Crippen molar-refractivity contribution in [3.8, 4) is 0 Å². The van der Waals surface area contributed by atoms with Crippen molar-refractivity contribution in [1.29, 1.82) is 0 Å². The lowest BCUT2D eigenvalue weighted by molar-refractivity contribution is -0.143. The number of carbonyl (C=O) groups is 2. The SMILES string of the molecule is Cc1cccc(CCNC(=O)N2CCC[C@@H](C(=O)O)C2)c1. The van der Waals surface area contributed by atoms with Crippen molar-refractivity contribution in [2.24, 2.45) is 5.92 Å². The van der Waals surface area contributed by atoms with Crippen LogP contribution in [0.1, 0.15) is 24.0 Å². The van der Waals surface area contributed by atoms with Crippen molar-refractivity contribution in [1.82, 2.24) is 10.2 Å². The van der Waals surface area contributed by atoms with Gasteiger partial charge in [-0.05, 0) is 31.7 Å². The van der Waals surface area contributed by atoms with Crippen molar-refractivity contribution >= 4 is 12.0 Å². The van der Waals surface area contributed by atoms with E-state index in [1.807, 2.05) is 25.1 Å². The van der Waals surface area contributed by atoms with E-state index in [0.29, 0.717) is 26.1 Å². The molecule has 1 aromatic carbocycles. The number of piperidine rings is 1. The van der Waals surface area contributed by atoms with Crippen molar-refractivity contribution in [2.75, 3.05) is 19.6 Å². The van der Waals surface area contributed by atoms with Gasteiger partial charge in [0.05, 0.1) is 5.92 Å². The third-order valence-corrected chi connectivity index (χ3v) is 3.83. The normalized spacial score (nSPS) is 18.3. The first kappa shape index (κ1) is 15.4. The second-order valence-electron chi connectivity index (χ2n) is 5.59. The summed E-state index contributed by atoms with van der Waals surface area (Å²) in [6.45, 7) is 3.56. The number of aliphatic carboxylic acids is 1. The highest BCUT2D eigenvalue weighted by Crippen LogP contribution is 2.16. The van der Waals surface area contributed by atoms with Crippen molar-refractivity contribution < 1.29 is 14.7 Å². The zero-order chi connectivity index (χ0) is 15.2. The highest BCUT2D eigenvalue weighted by molar-refractivity contribution is 5.76. The number of rotatable bonds is 4. The summed E-state index contributed by atoms with van der Waals surface area (Å²) >= 11 is 0. The molecule has 2 N–H and O–H groups in total. The van der Waals surface area contributed by atoms with E-state index in [0.717, 1.165) is 12.8 Å². The zero-order valence-electron chi connectivity index (χ0n) is 12.3.